The van der Waals surface area contributed by atoms with Gasteiger partial charge in [-0.2, -0.15) is 0 Å². The highest BCUT2D eigenvalue weighted by molar-refractivity contribution is 6.03. The lowest BCUT2D eigenvalue weighted by atomic mass is 9.87. The smallest absolute Gasteiger partial charge is 0.166 e. The molecular formula is C10H8O. The molecular weight excluding hydrogens is 136 g/mol. The highest BCUT2D eigenvalue weighted by Crippen LogP contribution is 2.24. The molecule has 0 aromatic heterocycles. The van der Waals surface area contributed by atoms with Gasteiger partial charge in [0.2, 0.25) is 0 Å². The highest BCUT2D eigenvalue weighted by Gasteiger charge is 2.21. The first-order chi connectivity index (χ1) is 5.38. The number of ketones is 1. The Morgan fingerprint density at radius 1 is 1.09 bits per heavy atom. The van der Waals surface area contributed by atoms with Gasteiger partial charge in [0.1, 0.15) is 0 Å². The largest absolute Gasteiger partial charge is 0.294 e. The van der Waals surface area contributed by atoms with Crippen LogP contribution in [0.3, 0.4) is 0 Å². The van der Waals surface area contributed by atoms with Crippen LogP contribution >= 0.6 is 0 Å². The summed E-state index contributed by atoms with van der Waals surface area (Å²) in [6.45, 7) is 0. The topological polar surface area (TPSA) is 17.1 Å². The van der Waals surface area contributed by atoms with Gasteiger partial charge in [-0.25, -0.2) is 0 Å². The summed E-state index contributed by atoms with van der Waals surface area (Å²) in [7, 11) is 0. The minimum Gasteiger partial charge on any atom is -0.294 e. The van der Waals surface area contributed by atoms with E-state index in [9.17, 15) is 4.79 Å². The molecule has 1 aromatic rings. The summed E-state index contributed by atoms with van der Waals surface area (Å²) in [6.07, 6.45) is 3.55. The molecule has 1 atom stereocenters. The van der Waals surface area contributed by atoms with Gasteiger partial charge < -0.3 is 0 Å². The number of hydrogen-bond acceptors (Lipinski definition) is 1. The summed E-state index contributed by atoms with van der Waals surface area (Å²) < 4.78 is 0. The summed E-state index contributed by atoms with van der Waals surface area (Å²) >= 11 is 0. The van der Waals surface area contributed by atoms with E-state index in [1.807, 2.05) is 36.4 Å². The Morgan fingerprint density at radius 3 is 2.27 bits per heavy atom. The van der Waals surface area contributed by atoms with Crippen molar-refractivity contribution < 1.29 is 4.79 Å². The Balaban J connectivity index is 2.32. The van der Waals surface area contributed by atoms with E-state index in [0.29, 0.717) is 0 Å². The monoisotopic (exact) mass is 144 g/mol. The van der Waals surface area contributed by atoms with Crippen molar-refractivity contribution in [2.75, 3.05) is 0 Å². The average molecular weight is 144 g/mol. The van der Waals surface area contributed by atoms with Gasteiger partial charge in [-0.3, -0.25) is 4.79 Å². The molecule has 1 nitrogen and oxygen atoms in total. The number of hydrogen-bond donors (Lipinski definition) is 0. The maximum Gasteiger partial charge on any atom is 0.166 e. The lowest BCUT2D eigenvalue weighted by molar-refractivity contribution is -0.116. The second-order valence-corrected chi connectivity index (χ2v) is 2.65. The van der Waals surface area contributed by atoms with Crippen molar-refractivity contribution in [2.45, 2.75) is 5.92 Å². The SMILES string of the molecule is O=C1C=CC1c1ccccc1. The van der Waals surface area contributed by atoms with E-state index in [2.05, 4.69) is 0 Å². The van der Waals surface area contributed by atoms with Crippen molar-refractivity contribution in [3.63, 3.8) is 0 Å². The zero-order chi connectivity index (χ0) is 7.68. The molecule has 0 saturated carbocycles. The first kappa shape index (κ1) is 6.35. The summed E-state index contributed by atoms with van der Waals surface area (Å²) in [4.78, 5) is 10.9. The van der Waals surface area contributed by atoms with Crippen LogP contribution in [0.1, 0.15) is 11.5 Å². The van der Waals surface area contributed by atoms with Crippen LogP contribution in [0.15, 0.2) is 42.5 Å². The van der Waals surface area contributed by atoms with Crippen LogP contribution < -0.4 is 0 Å². The van der Waals surface area contributed by atoms with E-state index < -0.39 is 0 Å². The lowest BCUT2D eigenvalue weighted by Crippen LogP contribution is -2.15. The van der Waals surface area contributed by atoms with Crippen molar-refractivity contribution in [3.05, 3.63) is 48.0 Å². The third-order valence-corrected chi connectivity index (χ3v) is 1.92. The van der Waals surface area contributed by atoms with Crippen molar-refractivity contribution in [2.24, 2.45) is 0 Å². The Hall–Kier alpha value is -1.37. The second kappa shape index (κ2) is 2.35. The van der Waals surface area contributed by atoms with Gasteiger partial charge in [-0.05, 0) is 11.6 Å². The van der Waals surface area contributed by atoms with Crippen LogP contribution in [0.4, 0.5) is 0 Å². The number of benzene rings is 1. The Morgan fingerprint density at radius 2 is 1.82 bits per heavy atom. The van der Waals surface area contributed by atoms with Crippen LogP contribution in [0.25, 0.3) is 0 Å². The molecule has 0 bridgehead atoms. The molecule has 1 aliphatic rings. The molecule has 0 fully saturated rings. The van der Waals surface area contributed by atoms with Gasteiger partial charge in [0, 0.05) is 0 Å². The van der Waals surface area contributed by atoms with Gasteiger partial charge in [0.15, 0.2) is 5.78 Å². The Kier molecular flexibility index (Phi) is 1.35. The van der Waals surface area contributed by atoms with Crippen LogP contribution in [0, 0.1) is 0 Å². The van der Waals surface area contributed by atoms with Crippen LogP contribution in [-0.2, 0) is 4.79 Å². The lowest BCUT2D eigenvalue weighted by Gasteiger charge is -2.15. The molecule has 1 aromatic carbocycles. The number of carbonyl (C=O) groups excluding carboxylic acids is 1. The summed E-state index contributed by atoms with van der Waals surface area (Å²) in [5.41, 5.74) is 1.10. The third kappa shape index (κ3) is 0.984. The predicted octanol–water partition coefficient (Wildman–Crippen LogP) is 1.91. The van der Waals surface area contributed by atoms with Crippen molar-refractivity contribution >= 4 is 5.78 Å². The summed E-state index contributed by atoms with van der Waals surface area (Å²) in [5.74, 6) is 0.257. The molecule has 0 saturated heterocycles. The fourth-order valence-electron chi connectivity index (χ4n) is 1.21. The van der Waals surface area contributed by atoms with E-state index in [1.165, 1.54) is 0 Å². The zero-order valence-electron chi connectivity index (χ0n) is 6.03. The minimum absolute atomic E-state index is 0.0381. The molecule has 0 amide bonds. The van der Waals surface area contributed by atoms with Crippen molar-refractivity contribution in [1.29, 1.82) is 0 Å². The maximum absolute atomic E-state index is 10.9. The first-order valence-corrected chi connectivity index (χ1v) is 3.65. The molecule has 0 N–H and O–H groups in total. The van der Waals surface area contributed by atoms with Gasteiger partial charge in [-0.15, -0.1) is 0 Å². The van der Waals surface area contributed by atoms with Gasteiger partial charge >= 0.3 is 0 Å². The average Bonchev–Trinajstić information content (AvgIpc) is 2.04. The van der Waals surface area contributed by atoms with Gasteiger partial charge in [0.25, 0.3) is 0 Å². The van der Waals surface area contributed by atoms with E-state index >= 15 is 0 Å². The molecule has 0 aliphatic heterocycles. The van der Waals surface area contributed by atoms with Crippen LogP contribution in [-0.4, -0.2) is 5.78 Å². The second-order valence-electron chi connectivity index (χ2n) is 2.65. The Labute approximate surface area is 65.4 Å². The normalized spacial score (nSPS) is 21.5. The summed E-state index contributed by atoms with van der Waals surface area (Å²) in [6, 6.07) is 9.82. The van der Waals surface area contributed by atoms with Gasteiger partial charge in [-0.1, -0.05) is 36.4 Å². The maximum atomic E-state index is 10.9. The van der Waals surface area contributed by atoms with E-state index in [4.69, 9.17) is 0 Å². The minimum atomic E-state index is 0.0381. The van der Waals surface area contributed by atoms with Crippen molar-refractivity contribution in [3.8, 4) is 0 Å². The Bertz CT molecular complexity index is 298. The number of carbonyl (C=O) groups is 1. The molecule has 1 unspecified atom stereocenters. The van der Waals surface area contributed by atoms with Crippen LogP contribution in [0.5, 0.6) is 0 Å². The quantitative estimate of drug-likeness (QED) is 0.588. The molecule has 1 heteroatoms. The highest BCUT2D eigenvalue weighted by atomic mass is 16.1. The molecule has 2 rings (SSSR count). The molecule has 0 spiro atoms. The zero-order valence-corrected chi connectivity index (χ0v) is 6.03. The first-order valence-electron chi connectivity index (χ1n) is 3.65. The van der Waals surface area contributed by atoms with E-state index in [0.717, 1.165) is 5.56 Å². The standard InChI is InChI=1S/C10H8O/c11-10-7-6-9(10)8-4-2-1-3-5-8/h1-7,9H. The van der Waals surface area contributed by atoms with Crippen molar-refractivity contribution in [1.82, 2.24) is 0 Å². The molecule has 0 heterocycles. The third-order valence-electron chi connectivity index (χ3n) is 1.92. The van der Waals surface area contributed by atoms with E-state index in [1.54, 1.807) is 6.08 Å². The summed E-state index contributed by atoms with van der Waals surface area (Å²) in [5, 5.41) is 0. The molecule has 54 valence electrons. The fraction of sp³-hybridized carbons (Fsp3) is 0.100. The molecule has 11 heavy (non-hydrogen) atoms. The molecule has 0 radical (unpaired) electrons. The van der Waals surface area contributed by atoms with Crippen LogP contribution in [0.2, 0.25) is 0 Å². The predicted molar refractivity (Wildman–Crippen MR) is 43.3 cm³/mol. The van der Waals surface area contributed by atoms with Gasteiger partial charge in [0.05, 0.1) is 5.92 Å². The number of rotatable bonds is 1. The fourth-order valence-corrected chi connectivity index (χ4v) is 1.21. The van der Waals surface area contributed by atoms with E-state index in [-0.39, 0.29) is 11.7 Å². The number of allylic oxidation sites excluding steroid dienone is 2. The molecule has 1 aliphatic carbocycles.